The van der Waals surface area contributed by atoms with Gasteiger partial charge in [0.1, 0.15) is 0 Å². The monoisotopic (exact) mass is 426 g/mol. The third-order valence-electron chi connectivity index (χ3n) is 2.38. The van der Waals surface area contributed by atoms with Crippen LogP contribution in [0.5, 0.6) is 0 Å². The Hall–Kier alpha value is 0.420. The molecule has 16 heavy (non-hydrogen) atoms. The fraction of sp³-hybridized carbons (Fsp3) is 0.167. The molecule has 0 aliphatic carbocycles. The Morgan fingerprint density at radius 1 is 1.31 bits per heavy atom. The van der Waals surface area contributed by atoms with Crippen LogP contribution in [0.1, 0.15) is 21.4 Å². The summed E-state index contributed by atoms with van der Waals surface area (Å²) in [6.07, 6.45) is 0. The molecule has 0 radical (unpaired) electrons. The number of hydrogen-bond donors (Lipinski definition) is 0. The number of hydrogen-bond acceptors (Lipinski definition) is 1. The van der Waals surface area contributed by atoms with Crippen LogP contribution in [0.2, 0.25) is 0 Å². The summed E-state index contributed by atoms with van der Waals surface area (Å²) in [6.45, 7) is 2.11. The maximum atomic E-state index is 6.54. The van der Waals surface area contributed by atoms with E-state index in [0.29, 0.717) is 0 Å². The van der Waals surface area contributed by atoms with E-state index in [4.69, 9.17) is 11.6 Å². The summed E-state index contributed by atoms with van der Waals surface area (Å²) >= 11 is 14.1. The fourth-order valence-electron chi connectivity index (χ4n) is 1.56. The molecule has 0 N–H and O–H groups in total. The third-order valence-corrected chi connectivity index (χ3v) is 5.40. The second kappa shape index (κ2) is 5.38. The van der Waals surface area contributed by atoms with Crippen LogP contribution >= 0.6 is 61.5 Å². The molecule has 2 aromatic rings. The minimum atomic E-state index is -0.0596. The van der Waals surface area contributed by atoms with Crippen LogP contribution in [0.25, 0.3) is 0 Å². The Bertz CT molecular complexity index is 509. The topological polar surface area (TPSA) is 0 Å². The van der Waals surface area contributed by atoms with E-state index >= 15 is 0 Å². The Morgan fingerprint density at radius 3 is 2.56 bits per heavy atom. The van der Waals surface area contributed by atoms with E-state index in [1.807, 2.05) is 12.1 Å². The van der Waals surface area contributed by atoms with E-state index in [1.165, 1.54) is 19.6 Å². The van der Waals surface area contributed by atoms with Crippen LogP contribution in [0.3, 0.4) is 0 Å². The van der Waals surface area contributed by atoms with Gasteiger partial charge in [-0.25, -0.2) is 0 Å². The molecule has 0 aliphatic rings. The second-order valence-electron chi connectivity index (χ2n) is 3.45. The lowest BCUT2D eigenvalue weighted by Crippen LogP contribution is -1.95. The van der Waals surface area contributed by atoms with Gasteiger partial charge < -0.3 is 0 Å². The van der Waals surface area contributed by atoms with Crippen LogP contribution < -0.4 is 0 Å². The highest BCUT2D eigenvalue weighted by Crippen LogP contribution is 2.38. The zero-order chi connectivity index (χ0) is 11.7. The smallest absolute Gasteiger partial charge is 0.0856 e. The van der Waals surface area contributed by atoms with Crippen LogP contribution in [-0.4, -0.2) is 0 Å². The number of aryl methyl sites for hydroxylation is 1. The standard InChI is InChI=1S/C12H9BrClIS/c1-7-9(6-11(13)16-7)12(14)8-4-2-3-5-10(8)15/h2-6,12H,1H3. The van der Waals surface area contributed by atoms with Crippen molar-refractivity contribution >= 4 is 61.5 Å². The molecule has 0 saturated heterocycles. The van der Waals surface area contributed by atoms with Crippen molar-refractivity contribution in [2.24, 2.45) is 0 Å². The van der Waals surface area contributed by atoms with Crippen LogP contribution in [-0.2, 0) is 0 Å². The Kier molecular flexibility index (Phi) is 4.32. The summed E-state index contributed by atoms with van der Waals surface area (Å²) in [5, 5.41) is -0.0596. The van der Waals surface area contributed by atoms with Gasteiger partial charge in [-0.05, 0) is 68.7 Å². The minimum Gasteiger partial charge on any atom is -0.133 e. The first-order valence-corrected chi connectivity index (χ1v) is 7.86. The first-order chi connectivity index (χ1) is 7.59. The average molecular weight is 428 g/mol. The summed E-state index contributed by atoms with van der Waals surface area (Å²) in [6, 6.07) is 10.3. The lowest BCUT2D eigenvalue weighted by atomic mass is 10.1. The van der Waals surface area contributed by atoms with E-state index in [2.05, 4.69) is 63.6 Å². The van der Waals surface area contributed by atoms with Crippen molar-refractivity contribution in [1.82, 2.24) is 0 Å². The highest BCUT2D eigenvalue weighted by Gasteiger charge is 2.17. The maximum Gasteiger partial charge on any atom is 0.0856 e. The number of halogens is 3. The number of benzene rings is 1. The first-order valence-electron chi connectivity index (χ1n) is 4.74. The van der Waals surface area contributed by atoms with Crippen molar-refractivity contribution in [1.29, 1.82) is 0 Å². The lowest BCUT2D eigenvalue weighted by molar-refractivity contribution is 1.12. The van der Waals surface area contributed by atoms with Gasteiger partial charge in [-0.1, -0.05) is 18.2 Å². The molecule has 0 aliphatic heterocycles. The quantitative estimate of drug-likeness (QED) is 0.423. The molecule has 4 heteroatoms. The SMILES string of the molecule is Cc1sc(Br)cc1C(Cl)c1ccccc1I. The Morgan fingerprint density at radius 2 is 2.00 bits per heavy atom. The predicted octanol–water partition coefficient (Wildman–Crippen LogP) is 5.75. The van der Waals surface area contributed by atoms with Crippen molar-refractivity contribution in [3.63, 3.8) is 0 Å². The van der Waals surface area contributed by atoms with Gasteiger partial charge in [-0.3, -0.25) is 0 Å². The lowest BCUT2D eigenvalue weighted by Gasteiger charge is -2.11. The molecule has 0 spiro atoms. The van der Waals surface area contributed by atoms with Crippen LogP contribution in [0.15, 0.2) is 34.1 Å². The van der Waals surface area contributed by atoms with Crippen molar-refractivity contribution in [3.8, 4) is 0 Å². The van der Waals surface area contributed by atoms with E-state index < -0.39 is 0 Å². The molecule has 1 unspecified atom stereocenters. The zero-order valence-corrected chi connectivity index (χ0v) is 13.8. The van der Waals surface area contributed by atoms with E-state index in [1.54, 1.807) is 11.3 Å². The van der Waals surface area contributed by atoms with Crippen molar-refractivity contribution < 1.29 is 0 Å². The third kappa shape index (κ3) is 2.63. The summed E-state index contributed by atoms with van der Waals surface area (Å²) in [5.41, 5.74) is 2.38. The normalized spacial score (nSPS) is 12.8. The number of alkyl halides is 1. The van der Waals surface area contributed by atoms with E-state index in [0.717, 1.165) is 3.79 Å². The molecular weight excluding hydrogens is 418 g/mol. The van der Waals surface area contributed by atoms with Gasteiger partial charge in [-0.2, -0.15) is 0 Å². The molecular formula is C12H9BrClIS. The first kappa shape index (κ1) is 12.9. The summed E-state index contributed by atoms with van der Waals surface area (Å²) < 4.78 is 2.35. The molecule has 0 fully saturated rings. The molecule has 84 valence electrons. The molecule has 0 saturated carbocycles. The van der Waals surface area contributed by atoms with Crippen molar-refractivity contribution in [3.05, 3.63) is 53.7 Å². The molecule has 0 nitrogen and oxygen atoms in total. The predicted molar refractivity (Wildman–Crippen MR) is 83.6 cm³/mol. The molecule has 2 rings (SSSR count). The van der Waals surface area contributed by atoms with Gasteiger partial charge in [0.05, 0.1) is 9.16 Å². The molecule has 0 bridgehead atoms. The van der Waals surface area contributed by atoms with Crippen molar-refractivity contribution in [2.75, 3.05) is 0 Å². The molecule has 1 atom stereocenters. The molecule has 1 aromatic heterocycles. The summed E-state index contributed by atoms with van der Waals surface area (Å²) in [7, 11) is 0. The largest absolute Gasteiger partial charge is 0.133 e. The van der Waals surface area contributed by atoms with Gasteiger partial charge in [0, 0.05) is 8.45 Å². The van der Waals surface area contributed by atoms with Gasteiger partial charge in [0.2, 0.25) is 0 Å². The van der Waals surface area contributed by atoms with Gasteiger partial charge in [0.25, 0.3) is 0 Å². The average Bonchev–Trinajstić information content (AvgIpc) is 2.58. The Balaban J connectivity index is 2.43. The Labute approximate surface area is 126 Å². The van der Waals surface area contributed by atoms with E-state index in [9.17, 15) is 0 Å². The highest BCUT2D eigenvalue weighted by molar-refractivity contribution is 14.1. The maximum absolute atomic E-state index is 6.54. The van der Waals surface area contributed by atoms with Gasteiger partial charge in [-0.15, -0.1) is 22.9 Å². The summed E-state index contributed by atoms with van der Waals surface area (Å²) in [4.78, 5) is 1.27. The minimum absolute atomic E-state index is 0.0596. The fourth-order valence-corrected chi connectivity index (χ4v) is 4.67. The highest BCUT2D eigenvalue weighted by atomic mass is 127. The molecule has 1 aromatic carbocycles. The van der Waals surface area contributed by atoms with E-state index in [-0.39, 0.29) is 5.38 Å². The molecule has 1 heterocycles. The van der Waals surface area contributed by atoms with Crippen LogP contribution in [0.4, 0.5) is 0 Å². The van der Waals surface area contributed by atoms with Crippen molar-refractivity contribution in [2.45, 2.75) is 12.3 Å². The number of rotatable bonds is 2. The van der Waals surface area contributed by atoms with Crippen LogP contribution in [0, 0.1) is 10.5 Å². The summed E-state index contributed by atoms with van der Waals surface area (Å²) in [5.74, 6) is 0. The number of thiophene rings is 1. The van der Waals surface area contributed by atoms with Gasteiger partial charge in [0.15, 0.2) is 0 Å². The zero-order valence-electron chi connectivity index (χ0n) is 8.51. The second-order valence-corrected chi connectivity index (χ2v) is 7.68. The molecule has 0 amide bonds. The van der Waals surface area contributed by atoms with Gasteiger partial charge >= 0.3 is 0 Å².